The predicted molar refractivity (Wildman–Crippen MR) is 88.7 cm³/mol. The molecule has 22 heavy (non-hydrogen) atoms. The number of H-pyrrole nitrogens is 1. The highest BCUT2D eigenvalue weighted by Crippen LogP contribution is 2.13. The number of aliphatic hydroxyl groups excluding tert-OH is 1. The fourth-order valence-corrected chi connectivity index (χ4v) is 2.65. The minimum absolute atomic E-state index is 0.186. The van der Waals surface area contributed by atoms with Gasteiger partial charge in [0.2, 0.25) is 0 Å². The number of amides is 1. The molecule has 1 amide bonds. The van der Waals surface area contributed by atoms with Gasteiger partial charge in [0.05, 0.1) is 6.10 Å². The topological polar surface area (TPSA) is 70.1 Å². The summed E-state index contributed by atoms with van der Waals surface area (Å²) in [5, 5.41) is 12.3. The molecule has 0 spiro atoms. The van der Waals surface area contributed by atoms with Crippen molar-refractivity contribution in [3.8, 4) is 5.69 Å². The summed E-state index contributed by atoms with van der Waals surface area (Å²) in [6, 6.07) is 9.51. The average molecular weight is 319 g/mol. The monoisotopic (exact) mass is 319 g/mol. The quantitative estimate of drug-likeness (QED) is 0.717. The number of aromatic nitrogens is 2. The lowest BCUT2D eigenvalue weighted by Gasteiger charge is -2.14. The van der Waals surface area contributed by atoms with E-state index in [0.717, 1.165) is 5.69 Å². The first-order chi connectivity index (χ1) is 10.5. The Labute approximate surface area is 135 Å². The molecular weight excluding hydrogens is 298 g/mol. The SMILES string of the molecule is CC(O)CC(C)CNC(=O)c1c[nH]c(=S)n1-c1ccccc1. The molecule has 3 N–H and O–H groups in total. The van der Waals surface area contributed by atoms with E-state index in [1.54, 1.807) is 17.7 Å². The number of nitrogens with zero attached hydrogens (tertiary/aromatic N) is 1. The lowest BCUT2D eigenvalue weighted by atomic mass is 10.0. The molecule has 0 aliphatic carbocycles. The second-order valence-corrected chi connectivity index (χ2v) is 5.94. The molecule has 118 valence electrons. The number of nitrogens with one attached hydrogen (secondary N) is 2. The van der Waals surface area contributed by atoms with Gasteiger partial charge in [-0.1, -0.05) is 25.1 Å². The van der Waals surface area contributed by atoms with E-state index in [-0.39, 0.29) is 17.9 Å². The van der Waals surface area contributed by atoms with Crippen molar-refractivity contribution in [1.29, 1.82) is 0 Å². The standard InChI is InChI=1S/C16H21N3O2S/c1-11(8-12(2)20)9-17-15(21)14-10-18-16(22)19(14)13-6-4-3-5-7-13/h3-7,10-12,20H,8-9H2,1-2H3,(H,17,21)(H,18,22). The number of hydrogen-bond donors (Lipinski definition) is 3. The Balaban J connectivity index is 2.13. The van der Waals surface area contributed by atoms with Crippen LogP contribution in [0, 0.1) is 10.7 Å². The minimum Gasteiger partial charge on any atom is -0.393 e. The molecule has 2 rings (SSSR count). The number of benzene rings is 1. The molecule has 0 radical (unpaired) electrons. The van der Waals surface area contributed by atoms with Crippen LogP contribution in [0.15, 0.2) is 36.5 Å². The lowest BCUT2D eigenvalue weighted by molar-refractivity contribution is 0.0932. The smallest absolute Gasteiger partial charge is 0.269 e. The van der Waals surface area contributed by atoms with Gasteiger partial charge < -0.3 is 15.4 Å². The van der Waals surface area contributed by atoms with Crippen molar-refractivity contribution in [2.24, 2.45) is 5.92 Å². The number of rotatable bonds is 6. The molecule has 1 aromatic carbocycles. The van der Waals surface area contributed by atoms with Crippen LogP contribution in [0.1, 0.15) is 30.8 Å². The Bertz CT molecular complexity index is 676. The zero-order chi connectivity index (χ0) is 16.1. The molecule has 0 fully saturated rings. The van der Waals surface area contributed by atoms with Crippen molar-refractivity contribution in [2.75, 3.05) is 6.54 Å². The van der Waals surface area contributed by atoms with Gasteiger partial charge in [-0.3, -0.25) is 9.36 Å². The van der Waals surface area contributed by atoms with Crippen LogP contribution in [0.2, 0.25) is 0 Å². The van der Waals surface area contributed by atoms with Gasteiger partial charge in [-0.25, -0.2) is 0 Å². The molecule has 1 aromatic heterocycles. The average Bonchev–Trinajstić information content (AvgIpc) is 2.87. The third kappa shape index (κ3) is 4.05. The van der Waals surface area contributed by atoms with Gasteiger partial charge in [-0.15, -0.1) is 0 Å². The molecule has 0 bridgehead atoms. The maximum absolute atomic E-state index is 12.4. The number of hydrogen-bond acceptors (Lipinski definition) is 3. The molecule has 5 nitrogen and oxygen atoms in total. The summed E-state index contributed by atoms with van der Waals surface area (Å²) < 4.78 is 2.19. The van der Waals surface area contributed by atoms with Crippen LogP contribution in [-0.2, 0) is 0 Å². The summed E-state index contributed by atoms with van der Waals surface area (Å²) in [5.74, 6) is 0.0182. The molecule has 0 aliphatic rings. The van der Waals surface area contributed by atoms with Crippen LogP contribution in [0.3, 0.4) is 0 Å². The van der Waals surface area contributed by atoms with E-state index in [1.165, 1.54) is 0 Å². The normalized spacial score (nSPS) is 13.6. The maximum Gasteiger partial charge on any atom is 0.269 e. The third-order valence-electron chi connectivity index (χ3n) is 3.38. The summed E-state index contributed by atoms with van der Waals surface area (Å²) in [6.45, 7) is 4.25. The van der Waals surface area contributed by atoms with Crippen LogP contribution in [0.5, 0.6) is 0 Å². The van der Waals surface area contributed by atoms with Crippen molar-refractivity contribution in [3.05, 3.63) is 47.0 Å². The molecule has 0 saturated heterocycles. The number of para-hydroxylation sites is 1. The zero-order valence-electron chi connectivity index (χ0n) is 12.7. The summed E-state index contributed by atoms with van der Waals surface area (Å²) in [4.78, 5) is 15.3. The van der Waals surface area contributed by atoms with Gasteiger partial charge in [-0.05, 0) is 43.6 Å². The van der Waals surface area contributed by atoms with E-state index in [2.05, 4.69) is 10.3 Å². The summed E-state index contributed by atoms with van der Waals surface area (Å²) in [7, 11) is 0. The van der Waals surface area contributed by atoms with Crippen molar-refractivity contribution < 1.29 is 9.90 Å². The van der Waals surface area contributed by atoms with Crippen molar-refractivity contribution in [1.82, 2.24) is 14.9 Å². The molecule has 2 aromatic rings. The van der Waals surface area contributed by atoms with Gasteiger partial charge in [0.15, 0.2) is 4.77 Å². The van der Waals surface area contributed by atoms with E-state index in [9.17, 15) is 9.90 Å². The van der Waals surface area contributed by atoms with Crippen LogP contribution < -0.4 is 5.32 Å². The van der Waals surface area contributed by atoms with Gasteiger partial charge >= 0.3 is 0 Å². The first-order valence-electron chi connectivity index (χ1n) is 7.31. The van der Waals surface area contributed by atoms with Gasteiger partial charge in [0.1, 0.15) is 5.69 Å². The minimum atomic E-state index is -0.368. The largest absolute Gasteiger partial charge is 0.393 e. The Kier molecular flexibility index (Phi) is 5.51. The van der Waals surface area contributed by atoms with Crippen LogP contribution in [0.4, 0.5) is 0 Å². The highest BCUT2D eigenvalue weighted by Gasteiger charge is 2.15. The maximum atomic E-state index is 12.4. The molecule has 2 unspecified atom stereocenters. The Morgan fingerprint density at radius 2 is 2.05 bits per heavy atom. The Morgan fingerprint density at radius 1 is 1.36 bits per heavy atom. The molecule has 0 aliphatic heterocycles. The Morgan fingerprint density at radius 3 is 2.68 bits per heavy atom. The molecule has 6 heteroatoms. The van der Waals surface area contributed by atoms with Gasteiger partial charge in [0, 0.05) is 18.4 Å². The van der Waals surface area contributed by atoms with Crippen LogP contribution in [0.25, 0.3) is 5.69 Å². The summed E-state index contributed by atoms with van der Waals surface area (Å²) in [5.41, 5.74) is 1.32. The fraction of sp³-hybridized carbons (Fsp3) is 0.375. The van der Waals surface area contributed by atoms with E-state index < -0.39 is 0 Å². The first-order valence-corrected chi connectivity index (χ1v) is 7.72. The van der Waals surface area contributed by atoms with Crippen LogP contribution >= 0.6 is 12.2 Å². The zero-order valence-corrected chi connectivity index (χ0v) is 13.6. The number of aromatic amines is 1. The molecule has 1 heterocycles. The van der Waals surface area contributed by atoms with Gasteiger partial charge in [0.25, 0.3) is 5.91 Å². The first kappa shape index (κ1) is 16.5. The van der Waals surface area contributed by atoms with Crippen molar-refractivity contribution >= 4 is 18.1 Å². The lowest BCUT2D eigenvalue weighted by Crippen LogP contribution is -2.30. The Hall–Kier alpha value is -1.92. The molecule has 2 atom stereocenters. The fourth-order valence-electron chi connectivity index (χ4n) is 2.39. The predicted octanol–water partition coefficient (Wildman–Crippen LogP) is 2.67. The van der Waals surface area contributed by atoms with E-state index in [1.807, 2.05) is 37.3 Å². The highest BCUT2D eigenvalue weighted by atomic mass is 32.1. The number of aliphatic hydroxyl groups is 1. The summed E-state index contributed by atoms with van der Waals surface area (Å²) >= 11 is 5.26. The van der Waals surface area contributed by atoms with E-state index in [0.29, 0.717) is 23.4 Å². The summed E-state index contributed by atoms with van der Waals surface area (Å²) in [6.07, 6.45) is 1.90. The van der Waals surface area contributed by atoms with E-state index in [4.69, 9.17) is 12.2 Å². The number of carbonyl (C=O) groups excluding carboxylic acids is 1. The number of imidazole rings is 1. The molecular formula is C16H21N3O2S. The highest BCUT2D eigenvalue weighted by molar-refractivity contribution is 7.71. The number of carbonyl (C=O) groups is 1. The molecule has 0 saturated carbocycles. The second kappa shape index (κ2) is 7.38. The van der Waals surface area contributed by atoms with Crippen molar-refractivity contribution in [3.63, 3.8) is 0 Å². The van der Waals surface area contributed by atoms with Crippen LogP contribution in [-0.4, -0.2) is 33.2 Å². The van der Waals surface area contributed by atoms with Crippen molar-refractivity contribution in [2.45, 2.75) is 26.4 Å². The third-order valence-corrected chi connectivity index (χ3v) is 3.68. The van der Waals surface area contributed by atoms with Gasteiger partial charge in [-0.2, -0.15) is 0 Å². The second-order valence-electron chi connectivity index (χ2n) is 5.55. The van der Waals surface area contributed by atoms with E-state index >= 15 is 0 Å².